The van der Waals surface area contributed by atoms with E-state index in [4.69, 9.17) is 0 Å². The molecule has 160 valence electrons. The van der Waals surface area contributed by atoms with Crippen molar-refractivity contribution in [1.82, 2.24) is 24.3 Å². The van der Waals surface area contributed by atoms with Crippen molar-refractivity contribution in [3.8, 4) is 0 Å². The Balaban J connectivity index is 1.49. The fourth-order valence-electron chi connectivity index (χ4n) is 4.83. The predicted octanol–water partition coefficient (Wildman–Crippen LogP) is 2.61. The Morgan fingerprint density at radius 3 is 2.57 bits per heavy atom. The first kappa shape index (κ1) is 20.4. The number of para-hydroxylation sites is 2. The van der Waals surface area contributed by atoms with Gasteiger partial charge < -0.3 is 14.4 Å². The molecule has 1 aliphatic heterocycles. The highest BCUT2D eigenvalue weighted by atomic mass is 16.2. The normalized spacial score (nSPS) is 18.6. The van der Waals surface area contributed by atoms with Gasteiger partial charge in [-0.2, -0.15) is 0 Å². The van der Waals surface area contributed by atoms with Crippen LogP contribution in [0.15, 0.2) is 24.3 Å². The number of carbonyl (C=O) groups is 3. The molecule has 2 fully saturated rings. The van der Waals surface area contributed by atoms with Gasteiger partial charge in [-0.1, -0.05) is 31.4 Å². The highest BCUT2D eigenvalue weighted by molar-refractivity contribution is 6.08. The number of carbonyl (C=O) groups excluding carboxylic acids is 3. The van der Waals surface area contributed by atoms with Gasteiger partial charge >= 0.3 is 6.03 Å². The molecule has 0 atom stereocenters. The number of likely N-dealkylation sites (N-methyl/N-ethyl adjacent to an activating group) is 2. The summed E-state index contributed by atoms with van der Waals surface area (Å²) in [5, 5.41) is 0. The number of benzene rings is 1. The quantitative estimate of drug-likeness (QED) is 0.709. The SMILES string of the molecule is CCn1c(CN(C)C(=O)CN2C(=O)N(C)C3(CCCCC3)C2=O)nc2ccccc21. The van der Waals surface area contributed by atoms with Crippen LogP contribution in [0.4, 0.5) is 4.79 Å². The van der Waals surface area contributed by atoms with Crippen molar-refractivity contribution >= 4 is 28.9 Å². The highest BCUT2D eigenvalue weighted by Crippen LogP contribution is 2.39. The average Bonchev–Trinajstić information content (AvgIpc) is 3.19. The lowest BCUT2D eigenvalue weighted by molar-refractivity contribution is -0.140. The Kier molecular flexibility index (Phi) is 5.26. The van der Waals surface area contributed by atoms with E-state index in [1.54, 1.807) is 23.9 Å². The summed E-state index contributed by atoms with van der Waals surface area (Å²) in [6.07, 6.45) is 4.29. The summed E-state index contributed by atoms with van der Waals surface area (Å²) in [6, 6.07) is 7.50. The largest absolute Gasteiger partial charge is 0.337 e. The molecule has 2 heterocycles. The van der Waals surface area contributed by atoms with Gasteiger partial charge in [0.25, 0.3) is 5.91 Å². The van der Waals surface area contributed by atoms with E-state index in [0.717, 1.165) is 47.6 Å². The lowest BCUT2D eigenvalue weighted by Gasteiger charge is -2.35. The van der Waals surface area contributed by atoms with Gasteiger partial charge in [-0.3, -0.25) is 14.5 Å². The number of hydrogen-bond donors (Lipinski definition) is 0. The number of hydrogen-bond acceptors (Lipinski definition) is 4. The molecular formula is C22H29N5O3. The number of urea groups is 1. The predicted molar refractivity (Wildman–Crippen MR) is 113 cm³/mol. The van der Waals surface area contributed by atoms with E-state index in [1.165, 1.54) is 0 Å². The molecule has 1 aliphatic carbocycles. The van der Waals surface area contributed by atoms with E-state index in [0.29, 0.717) is 19.4 Å². The number of fused-ring (bicyclic) bond motifs is 1. The maximum Gasteiger partial charge on any atom is 0.327 e. The van der Waals surface area contributed by atoms with Crippen LogP contribution in [0.5, 0.6) is 0 Å². The fourth-order valence-corrected chi connectivity index (χ4v) is 4.83. The first-order valence-corrected chi connectivity index (χ1v) is 10.7. The molecule has 0 N–H and O–H groups in total. The summed E-state index contributed by atoms with van der Waals surface area (Å²) >= 11 is 0. The van der Waals surface area contributed by atoms with Gasteiger partial charge in [0, 0.05) is 20.6 Å². The molecule has 4 rings (SSSR count). The van der Waals surface area contributed by atoms with Crippen LogP contribution in [-0.4, -0.2) is 68.3 Å². The molecule has 8 nitrogen and oxygen atoms in total. The van der Waals surface area contributed by atoms with Gasteiger partial charge in [0.15, 0.2) is 0 Å². The third-order valence-electron chi connectivity index (χ3n) is 6.63. The molecule has 4 amide bonds. The monoisotopic (exact) mass is 411 g/mol. The van der Waals surface area contributed by atoms with E-state index in [-0.39, 0.29) is 24.4 Å². The smallest absolute Gasteiger partial charge is 0.327 e. The zero-order valence-corrected chi connectivity index (χ0v) is 17.9. The fraction of sp³-hybridized carbons (Fsp3) is 0.545. The molecule has 0 unspecified atom stereocenters. The Hall–Kier alpha value is -2.90. The molecule has 1 aromatic heterocycles. The van der Waals surface area contributed by atoms with E-state index < -0.39 is 5.54 Å². The summed E-state index contributed by atoms with van der Waals surface area (Å²) in [7, 11) is 3.37. The molecular weight excluding hydrogens is 382 g/mol. The zero-order valence-electron chi connectivity index (χ0n) is 17.9. The van der Waals surface area contributed by atoms with E-state index in [2.05, 4.69) is 9.55 Å². The number of aryl methyl sites for hydroxylation is 1. The summed E-state index contributed by atoms with van der Waals surface area (Å²) in [4.78, 5) is 47.7. The first-order valence-electron chi connectivity index (χ1n) is 10.7. The van der Waals surface area contributed by atoms with Crippen molar-refractivity contribution in [2.45, 2.75) is 57.7 Å². The Labute approximate surface area is 176 Å². The molecule has 30 heavy (non-hydrogen) atoms. The van der Waals surface area contributed by atoms with Crippen molar-refractivity contribution in [2.75, 3.05) is 20.6 Å². The van der Waals surface area contributed by atoms with Crippen molar-refractivity contribution in [1.29, 1.82) is 0 Å². The second-order valence-electron chi connectivity index (χ2n) is 8.34. The molecule has 1 aromatic carbocycles. The van der Waals surface area contributed by atoms with Gasteiger partial charge in [0.1, 0.15) is 17.9 Å². The summed E-state index contributed by atoms with van der Waals surface area (Å²) in [5.41, 5.74) is 1.16. The van der Waals surface area contributed by atoms with Crippen LogP contribution in [0.1, 0.15) is 44.9 Å². The minimum Gasteiger partial charge on any atom is -0.337 e. The second kappa shape index (κ2) is 7.74. The minimum absolute atomic E-state index is 0.225. The van der Waals surface area contributed by atoms with Crippen LogP contribution in [0.3, 0.4) is 0 Å². The number of rotatable bonds is 5. The number of amides is 4. The van der Waals surface area contributed by atoms with Crippen LogP contribution in [0.25, 0.3) is 11.0 Å². The Morgan fingerprint density at radius 1 is 1.17 bits per heavy atom. The third-order valence-corrected chi connectivity index (χ3v) is 6.63. The van der Waals surface area contributed by atoms with Crippen molar-refractivity contribution in [3.63, 3.8) is 0 Å². The van der Waals surface area contributed by atoms with Crippen LogP contribution in [0, 0.1) is 0 Å². The standard InChI is InChI=1S/C22H29N5O3/c1-4-26-17-11-7-6-10-16(17)23-18(26)14-24(2)19(28)15-27-20(29)22(25(3)21(27)30)12-8-5-9-13-22/h6-7,10-11H,4-5,8-9,12-15H2,1-3H3. The van der Waals surface area contributed by atoms with E-state index >= 15 is 0 Å². The van der Waals surface area contributed by atoms with Gasteiger partial charge in [-0.25, -0.2) is 9.78 Å². The third kappa shape index (κ3) is 3.14. The summed E-state index contributed by atoms with van der Waals surface area (Å²) in [5.74, 6) is 0.291. The van der Waals surface area contributed by atoms with E-state index in [1.807, 2.05) is 31.2 Å². The lowest BCUT2D eigenvalue weighted by atomic mass is 9.81. The van der Waals surface area contributed by atoms with Gasteiger partial charge in [0.2, 0.25) is 5.91 Å². The Bertz CT molecular complexity index is 992. The number of imide groups is 1. The summed E-state index contributed by atoms with van der Waals surface area (Å²) in [6.45, 7) is 2.87. The average molecular weight is 412 g/mol. The van der Waals surface area contributed by atoms with Crippen LogP contribution >= 0.6 is 0 Å². The van der Waals surface area contributed by atoms with Crippen LogP contribution < -0.4 is 0 Å². The minimum atomic E-state index is -0.760. The molecule has 2 aromatic rings. The number of nitrogens with zero attached hydrogens (tertiary/aromatic N) is 5. The topological polar surface area (TPSA) is 78.8 Å². The van der Waals surface area contributed by atoms with Gasteiger partial charge in [0.05, 0.1) is 17.6 Å². The molecule has 2 aliphatic rings. The molecule has 8 heteroatoms. The van der Waals surface area contributed by atoms with Crippen LogP contribution in [0.2, 0.25) is 0 Å². The van der Waals surface area contributed by atoms with Gasteiger partial charge in [-0.05, 0) is 31.9 Å². The molecule has 1 spiro atoms. The van der Waals surface area contributed by atoms with Crippen molar-refractivity contribution in [2.24, 2.45) is 0 Å². The second-order valence-corrected chi connectivity index (χ2v) is 8.34. The first-order chi connectivity index (χ1) is 14.4. The van der Waals surface area contributed by atoms with Crippen LogP contribution in [-0.2, 0) is 22.7 Å². The maximum atomic E-state index is 13.1. The Morgan fingerprint density at radius 2 is 1.87 bits per heavy atom. The highest BCUT2D eigenvalue weighted by Gasteiger charge is 2.55. The molecule has 1 saturated carbocycles. The molecule has 0 radical (unpaired) electrons. The van der Waals surface area contributed by atoms with E-state index in [9.17, 15) is 14.4 Å². The maximum absolute atomic E-state index is 13.1. The lowest BCUT2D eigenvalue weighted by Crippen LogP contribution is -2.49. The van der Waals surface area contributed by atoms with Crippen molar-refractivity contribution in [3.05, 3.63) is 30.1 Å². The van der Waals surface area contributed by atoms with Gasteiger partial charge in [-0.15, -0.1) is 0 Å². The number of aromatic nitrogens is 2. The molecule has 1 saturated heterocycles. The summed E-state index contributed by atoms with van der Waals surface area (Å²) < 4.78 is 2.08. The zero-order chi connectivity index (χ0) is 21.5. The number of imidazole rings is 1. The molecule has 0 bridgehead atoms. The van der Waals surface area contributed by atoms with Crippen molar-refractivity contribution < 1.29 is 14.4 Å².